The minimum Gasteiger partial charge on any atom is -0.480 e. The first-order valence-corrected chi connectivity index (χ1v) is 8.76. The number of ether oxygens (including phenoxy) is 1. The summed E-state index contributed by atoms with van der Waals surface area (Å²) < 4.78 is 5.32. The van der Waals surface area contributed by atoms with Gasteiger partial charge in [-0.3, -0.25) is 15.0 Å². The highest BCUT2D eigenvalue weighted by Crippen LogP contribution is 2.25. The number of benzene rings is 2. The van der Waals surface area contributed by atoms with E-state index in [9.17, 15) is 24.8 Å². The van der Waals surface area contributed by atoms with E-state index < -0.39 is 23.0 Å². The van der Waals surface area contributed by atoms with Crippen LogP contribution < -0.4 is 4.90 Å². The predicted molar refractivity (Wildman–Crippen MR) is 103 cm³/mol. The summed E-state index contributed by atoms with van der Waals surface area (Å²) >= 11 is 0. The van der Waals surface area contributed by atoms with Crippen LogP contribution in [0.2, 0.25) is 0 Å². The van der Waals surface area contributed by atoms with E-state index in [-0.39, 0.29) is 30.3 Å². The zero-order chi connectivity index (χ0) is 20.7. The standard InChI is InChI=1S/C20H22N2O6/c1-14(2)12-18(19(23)24)21(16-8-10-17(11-9-16)22(26)27)20(25)28-13-15-6-4-3-5-7-15/h3-11,14,18H,12-13H2,1-2H3,(H,23,24)/t18-/m0/s1. The minimum absolute atomic E-state index is 0.00331. The molecule has 0 aliphatic carbocycles. The Bertz CT molecular complexity index is 820. The number of amides is 1. The molecule has 0 unspecified atom stereocenters. The third-order valence-corrected chi connectivity index (χ3v) is 4.03. The molecule has 2 aromatic carbocycles. The number of carboxylic acids is 1. The number of nitro benzene ring substituents is 1. The zero-order valence-electron chi connectivity index (χ0n) is 15.6. The van der Waals surface area contributed by atoms with Gasteiger partial charge in [-0.2, -0.15) is 0 Å². The van der Waals surface area contributed by atoms with Crippen molar-refractivity contribution in [3.05, 3.63) is 70.3 Å². The SMILES string of the molecule is CC(C)C[C@@H](C(=O)O)N(C(=O)OCc1ccccc1)c1ccc([N+](=O)[O-])cc1. The van der Waals surface area contributed by atoms with E-state index in [0.29, 0.717) is 0 Å². The highest BCUT2D eigenvalue weighted by molar-refractivity contribution is 5.95. The Labute approximate surface area is 162 Å². The Kier molecular flexibility index (Phi) is 7.08. The van der Waals surface area contributed by atoms with Crippen molar-refractivity contribution in [2.75, 3.05) is 4.90 Å². The Morgan fingerprint density at radius 3 is 2.21 bits per heavy atom. The molecule has 8 nitrogen and oxygen atoms in total. The monoisotopic (exact) mass is 386 g/mol. The van der Waals surface area contributed by atoms with Gasteiger partial charge in [0.1, 0.15) is 12.6 Å². The molecule has 1 amide bonds. The van der Waals surface area contributed by atoms with Crippen LogP contribution in [0.25, 0.3) is 0 Å². The molecule has 8 heteroatoms. The van der Waals surface area contributed by atoms with Crippen molar-refractivity contribution in [2.45, 2.75) is 32.9 Å². The molecular weight excluding hydrogens is 364 g/mol. The maximum Gasteiger partial charge on any atom is 0.415 e. The first kappa shape index (κ1) is 20.9. The highest BCUT2D eigenvalue weighted by atomic mass is 16.6. The van der Waals surface area contributed by atoms with Crippen LogP contribution in [0.5, 0.6) is 0 Å². The fraction of sp³-hybridized carbons (Fsp3) is 0.300. The van der Waals surface area contributed by atoms with E-state index in [0.717, 1.165) is 10.5 Å². The van der Waals surface area contributed by atoms with Gasteiger partial charge in [-0.1, -0.05) is 44.2 Å². The van der Waals surface area contributed by atoms with Gasteiger partial charge in [0, 0.05) is 17.8 Å². The van der Waals surface area contributed by atoms with Crippen LogP contribution in [0, 0.1) is 16.0 Å². The average molecular weight is 386 g/mol. The first-order valence-electron chi connectivity index (χ1n) is 8.76. The number of nitrogens with zero attached hydrogens (tertiary/aromatic N) is 2. The molecule has 0 heterocycles. The second-order valence-corrected chi connectivity index (χ2v) is 6.67. The number of hydrogen-bond acceptors (Lipinski definition) is 5. The predicted octanol–water partition coefficient (Wildman–Crippen LogP) is 4.24. The van der Waals surface area contributed by atoms with Crippen molar-refractivity contribution < 1.29 is 24.4 Å². The summed E-state index contributed by atoms with van der Waals surface area (Å²) in [6.07, 6.45) is -0.627. The summed E-state index contributed by atoms with van der Waals surface area (Å²) in [6, 6.07) is 13.0. The Balaban J connectivity index is 2.32. The van der Waals surface area contributed by atoms with Crippen molar-refractivity contribution in [2.24, 2.45) is 5.92 Å². The van der Waals surface area contributed by atoms with Crippen LogP contribution in [0.3, 0.4) is 0 Å². The van der Waals surface area contributed by atoms with Crippen molar-refractivity contribution in [1.29, 1.82) is 0 Å². The Morgan fingerprint density at radius 1 is 1.11 bits per heavy atom. The van der Waals surface area contributed by atoms with Crippen molar-refractivity contribution in [1.82, 2.24) is 0 Å². The third kappa shape index (κ3) is 5.54. The number of nitro groups is 1. The lowest BCUT2D eigenvalue weighted by atomic mass is 10.0. The second-order valence-electron chi connectivity index (χ2n) is 6.67. The maximum absolute atomic E-state index is 12.8. The number of rotatable bonds is 8. The van der Waals surface area contributed by atoms with Gasteiger partial charge >= 0.3 is 12.1 Å². The molecule has 0 spiro atoms. The van der Waals surface area contributed by atoms with E-state index in [1.54, 1.807) is 24.3 Å². The van der Waals surface area contributed by atoms with Crippen molar-refractivity contribution in [3.8, 4) is 0 Å². The smallest absolute Gasteiger partial charge is 0.415 e. The largest absolute Gasteiger partial charge is 0.480 e. The summed E-state index contributed by atoms with van der Waals surface area (Å²) in [6.45, 7) is 3.68. The van der Waals surface area contributed by atoms with Gasteiger partial charge in [-0.05, 0) is 30.0 Å². The fourth-order valence-corrected chi connectivity index (χ4v) is 2.70. The van der Waals surface area contributed by atoms with Crippen LogP contribution in [0.1, 0.15) is 25.8 Å². The molecule has 0 aromatic heterocycles. The molecule has 1 N–H and O–H groups in total. The number of carbonyl (C=O) groups excluding carboxylic acids is 1. The van der Waals surface area contributed by atoms with Gasteiger partial charge in [-0.25, -0.2) is 9.59 Å². The summed E-state index contributed by atoms with van der Waals surface area (Å²) in [4.78, 5) is 36.0. The fourth-order valence-electron chi connectivity index (χ4n) is 2.70. The van der Waals surface area contributed by atoms with Gasteiger partial charge < -0.3 is 9.84 Å². The zero-order valence-corrected chi connectivity index (χ0v) is 15.6. The summed E-state index contributed by atoms with van der Waals surface area (Å²) in [7, 11) is 0. The van der Waals surface area contributed by atoms with E-state index in [1.807, 2.05) is 19.9 Å². The molecule has 1 atom stereocenters. The molecular formula is C20H22N2O6. The summed E-state index contributed by atoms with van der Waals surface area (Å²) in [5, 5.41) is 20.5. The van der Waals surface area contributed by atoms with E-state index >= 15 is 0 Å². The minimum atomic E-state index is -1.18. The molecule has 0 saturated heterocycles. The summed E-state index contributed by atoms with van der Waals surface area (Å²) in [5.41, 5.74) is 0.823. The molecule has 0 fully saturated rings. The van der Waals surface area contributed by atoms with Gasteiger partial charge in [0.2, 0.25) is 0 Å². The quantitative estimate of drug-likeness (QED) is 0.537. The van der Waals surface area contributed by atoms with E-state index in [1.165, 1.54) is 24.3 Å². The lowest BCUT2D eigenvalue weighted by Gasteiger charge is -2.29. The Hall–Kier alpha value is -3.42. The molecule has 28 heavy (non-hydrogen) atoms. The van der Waals surface area contributed by atoms with Gasteiger partial charge in [0.05, 0.1) is 4.92 Å². The van der Waals surface area contributed by atoms with E-state index in [4.69, 9.17) is 4.74 Å². The molecule has 0 aliphatic rings. The van der Waals surface area contributed by atoms with Crippen molar-refractivity contribution in [3.63, 3.8) is 0 Å². The van der Waals surface area contributed by atoms with Crippen LogP contribution in [-0.2, 0) is 16.1 Å². The molecule has 0 saturated carbocycles. The lowest BCUT2D eigenvalue weighted by Crippen LogP contribution is -2.46. The van der Waals surface area contributed by atoms with Crippen LogP contribution >= 0.6 is 0 Å². The highest BCUT2D eigenvalue weighted by Gasteiger charge is 2.33. The molecule has 2 aromatic rings. The van der Waals surface area contributed by atoms with Gasteiger partial charge in [0.25, 0.3) is 5.69 Å². The molecule has 0 radical (unpaired) electrons. The number of carboxylic acid groups (broad SMARTS) is 1. The van der Waals surface area contributed by atoms with Crippen molar-refractivity contribution >= 4 is 23.4 Å². The number of non-ortho nitro benzene ring substituents is 1. The normalized spacial score (nSPS) is 11.7. The maximum atomic E-state index is 12.8. The number of aliphatic carboxylic acids is 1. The molecule has 2 rings (SSSR count). The number of carbonyl (C=O) groups is 2. The number of anilines is 1. The lowest BCUT2D eigenvalue weighted by molar-refractivity contribution is -0.384. The van der Waals surface area contributed by atoms with Gasteiger partial charge in [0.15, 0.2) is 0 Å². The molecule has 0 bridgehead atoms. The van der Waals surface area contributed by atoms with E-state index in [2.05, 4.69) is 0 Å². The van der Waals surface area contributed by atoms with Crippen LogP contribution in [0.15, 0.2) is 54.6 Å². The van der Waals surface area contributed by atoms with Crippen LogP contribution in [-0.4, -0.2) is 28.1 Å². The first-order chi connectivity index (χ1) is 13.3. The molecule has 148 valence electrons. The summed E-state index contributed by atoms with van der Waals surface area (Å²) in [5.74, 6) is -1.17. The average Bonchev–Trinajstić information content (AvgIpc) is 2.66. The van der Waals surface area contributed by atoms with Gasteiger partial charge in [-0.15, -0.1) is 0 Å². The third-order valence-electron chi connectivity index (χ3n) is 4.03. The van der Waals surface area contributed by atoms with Crippen LogP contribution in [0.4, 0.5) is 16.2 Å². The second kappa shape index (κ2) is 9.50. The topological polar surface area (TPSA) is 110 Å². The Morgan fingerprint density at radius 2 is 1.71 bits per heavy atom. The molecule has 0 aliphatic heterocycles. The number of hydrogen-bond donors (Lipinski definition) is 1.